The summed E-state index contributed by atoms with van der Waals surface area (Å²) in [5, 5.41) is 10.8. The first-order valence-electron chi connectivity index (χ1n) is 10.5. The van der Waals surface area contributed by atoms with Crippen LogP contribution in [-0.4, -0.2) is 59.7 Å². The van der Waals surface area contributed by atoms with Crippen LogP contribution < -0.4 is 4.74 Å². The van der Waals surface area contributed by atoms with E-state index in [0.29, 0.717) is 24.2 Å². The van der Waals surface area contributed by atoms with Crippen molar-refractivity contribution in [2.45, 2.75) is 18.8 Å². The molecule has 162 valence electrons. The molecule has 2 heterocycles. The average molecular weight is 424 g/mol. The van der Waals surface area contributed by atoms with Gasteiger partial charge in [0.1, 0.15) is 11.5 Å². The molecule has 6 atom stereocenters. The summed E-state index contributed by atoms with van der Waals surface area (Å²) < 4.78 is 5.51. The van der Waals surface area contributed by atoms with Crippen LogP contribution in [0.3, 0.4) is 0 Å². The Hall–Kier alpha value is -3.16. The molecule has 3 fully saturated rings. The highest BCUT2D eigenvalue weighted by molar-refractivity contribution is 6.07. The van der Waals surface area contributed by atoms with Gasteiger partial charge in [-0.2, -0.15) is 0 Å². The summed E-state index contributed by atoms with van der Waals surface area (Å²) in [4.78, 5) is 54.0. The number of ether oxygens (including phenoxy) is 1. The van der Waals surface area contributed by atoms with Crippen molar-refractivity contribution in [3.8, 4) is 11.5 Å². The van der Waals surface area contributed by atoms with Crippen LogP contribution in [0.5, 0.6) is 11.5 Å². The lowest BCUT2D eigenvalue weighted by molar-refractivity contribution is -0.140. The van der Waals surface area contributed by atoms with Gasteiger partial charge >= 0.3 is 0 Å². The van der Waals surface area contributed by atoms with Gasteiger partial charge in [0.15, 0.2) is 0 Å². The van der Waals surface area contributed by atoms with Crippen LogP contribution in [0.4, 0.5) is 0 Å². The molecule has 0 radical (unpaired) electrons. The second-order valence-corrected chi connectivity index (χ2v) is 8.89. The zero-order chi connectivity index (χ0) is 22.2. The predicted molar refractivity (Wildman–Crippen MR) is 108 cm³/mol. The summed E-state index contributed by atoms with van der Waals surface area (Å²) >= 11 is 0. The molecule has 8 heteroatoms. The number of phenolic OH excluding ortho intramolecular Hbond substituents is 1. The summed E-state index contributed by atoms with van der Waals surface area (Å²) in [7, 11) is 4.46. The molecule has 1 aromatic carbocycles. The Kier molecular flexibility index (Phi) is 4.26. The number of phenols is 1. The predicted octanol–water partition coefficient (Wildman–Crippen LogP) is 1.30. The number of rotatable bonds is 2. The average Bonchev–Trinajstić information content (AvgIpc) is 3.12. The molecule has 31 heavy (non-hydrogen) atoms. The molecule has 1 aromatic rings. The van der Waals surface area contributed by atoms with E-state index in [4.69, 9.17) is 4.74 Å². The van der Waals surface area contributed by atoms with Gasteiger partial charge in [0.25, 0.3) is 0 Å². The largest absolute Gasteiger partial charge is 0.508 e. The Balaban J connectivity index is 1.71. The lowest BCUT2D eigenvalue weighted by Gasteiger charge is -2.44. The molecule has 1 saturated carbocycles. The number of imide groups is 2. The van der Waals surface area contributed by atoms with E-state index in [1.54, 1.807) is 12.1 Å². The van der Waals surface area contributed by atoms with Crippen molar-refractivity contribution in [1.82, 2.24) is 9.80 Å². The van der Waals surface area contributed by atoms with Crippen molar-refractivity contribution in [3.05, 3.63) is 35.4 Å². The van der Waals surface area contributed by atoms with Crippen LogP contribution in [0.25, 0.3) is 0 Å². The van der Waals surface area contributed by atoms with Gasteiger partial charge in [-0.05, 0) is 30.9 Å². The van der Waals surface area contributed by atoms with Gasteiger partial charge < -0.3 is 9.84 Å². The SMILES string of the molecule is COc1cccc(O)c1C1C2=CCC3C(=O)N(C)C(=O)C3C2CC2C(=O)N(C)C(=O)C21. The van der Waals surface area contributed by atoms with E-state index in [2.05, 4.69) is 0 Å². The number of carbonyl (C=O) groups is 4. The molecule has 2 saturated heterocycles. The summed E-state index contributed by atoms with van der Waals surface area (Å²) in [5.41, 5.74) is 1.30. The molecule has 4 amide bonds. The molecule has 2 aliphatic carbocycles. The lowest BCUT2D eigenvalue weighted by Crippen LogP contribution is -2.43. The van der Waals surface area contributed by atoms with E-state index in [0.717, 1.165) is 10.5 Å². The zero-order valence-corrected chi connectivity index (χ0v) is 17.6. The minimum atomic E-state index is -0.677. The molecule has 0 spiro atoms. The van der Waals surface area contributed by atoms with Crippen molar-refractivity contribution in [2.24, 2.45) is 29.6 Å². The van der Waals surface area contributed by atoms with Crippen molar-refractivity contribution >= 4 is 23.6 Å². The Morgan fingerprint density at radius 3 is 2.23 bits per heavy atom. The van der Waals surface area contributed by atoms with Gasteiger partial charge in [0.05, 0.1) is 30.8 Å². The second kappa shape index (κ2) is 6.67. The number of likely N-dealkylation sites (tertiary alicyclic amines) is 2. The molecule has 5 rings (SSSR count). The smallest absolute Gasteiger partial charge is 0.233 e. The Morgan fingerprint density at radius 1 is 0.903 bits per heavy atom. The van der Waals surface area contributed by atoms with Crippen LogP contribution in [0.2, 0.25) is 0 Å². The van der Waals surface area contributed by atoms with Gasteiger partial charge in [0.2, 0.25) is 23.6 Å². The van der Waals surface area contributed by atoms with E-state index in [1.807, 2.05) is 6.08 Å². The number of methoxy groups -OCH3 is 1. The van der Waals surface area contributed by atoms with Gasteiger partial charge in [-0.3, -0.25) is 29.0 Å². The Labute approximate surface area is 179 Å². The number of fused-ring (bicyclic) bond motifs is 4. The maximum Gasteiger partial charge on any atom is 0.233 e. The van der Waals surface area contributed by atoms with E-state index in [-0.39, 0.29) is 35.3 Å². The number of amides is 4. The Morgan fingerprint density at radius 2 is 1.55 bits per heavy atom. The molecule has 2 aliphatic heterocycles. The van der Waals surface area contributed by atoms with Crippen molar-refractivity contribution < 1.29 is 29.0 Å². The third kappa shape index (κ3) is 2.47. The number of benzene rings is 1. The molecule has 0 bridgehead atoms. The maximum absolute atomic E-state index is 13.1. The summed E-state index contributed by atoms with van der Waals surface area (Å²) in [6, 6.07) is 4.90. The number of nitrogens with zero attached hydrogens (tertiary/aromatic N) is 2. The van der Waals surface area contributed by atoms with Gasteiger partial charge in [-0.15, -0.1) is 0 Å². The minimum Gasteiger partial charge on any atom is -0.508 e. The van der Waals surface area contributed by atoms with Crippen LogP contribution in [0.1, 0.15) is 24.3 Å². The lowest BCUT2D eigenvalue weighted by atomic mass is 9.57. The summed E-state index contributed by atoms with van der Waals surface area (Å²) in [6.45, 7) is 0. The van der Waals surface area contributed by atoms with Crippen LogP contribution in [0.15, 0.2) is 29.8 Å². The molecule has 8 nitrogen and oxygen atoms in total. The third-order valence-electron chi connectivity index (χ3n) is 7.66. The fourth-order valence-corrected chi connectivity index (χ4v) is 6.25. The highest BCUT2D eigenvalue weighted by Gasteiger charge is 2.61. The highest BCUT2D eigenvalue weighted by atomic mass is 16.5. The van der Waals surface area contributed by atoms with Crippen molar-refractivity contribution in [3.63, 3.8) is 0 Å². The summed E-state index contributed by atoms with van der Waals surface area (Å²) in [6.07, 6.45) is 2.68. The first kappa shape index (κ1) is 19.8. The molecule has 0 aromatic heterocycles. The zero-order valence-electron chi connectivity index (χ0n) is 17.6. The van der Waals surface area contributed by atoms with Crippen molar-refractivity contribution in [1.29, 1.82) is 0 Å². The fourth-order valence-electron chi connectivity index (χ4n) is 6.25. The molecular weight excluding hydrogens is 400 g/mol. The monoisotopic (exact) mass is 424 g/mol. The molecule has 4 aliphatic rings. The molecule has 6 unspecified atom stereocenters. The Bertz CT molecular complexity index is 1060. The number of hydrogen-bond acceptors (Lipinski definition) is 6. The number of aromatic hydroxyl groups is 1. The summed E-state index contributed by atoms with van der Waals surface area (Å²) in [5.74, 6) is -3.84. The third-order valence-corrected chi connectivity index (χ3v) is 7.66. The number of hydrogen-bond donors (Lipinski definition) is 1. The van der Waals surface area contributed by atoms with Crippen LogP contribution in [0, 0.1) is 29.6 Å². The topological polar surface area (TPSA) is 104 Å². The van der Waals surface area contributed by atoms with Gasteiger partial charge in [-0.25, -0.2) is 0 Å². The van der Waals surface area contributed by atoms with Gasteiger partial charge in [0, 0.05) is 25.6 Å². The van der Waals surface area contributed by atoms with E-state index >= 15 is 0 Å². The first-order valence-corrected chi connectivity index (χ1v) is 10.5. The maximum atomic E-state index is 13.1. The first-order chi connectivity index (χ1) is 14.8. The highest BCUT2D eigenvalue weighted by Crippen LogP contribution is 2.59. The molecule has 1 N–H and O–H groups in total. The normalized spacial score (nSPS) is 34.5. The second-order valence-electron chi connectivity index (χ2n) is 8.89. The van der Waals surface area contributed by atoms with Gasteiger partial charge in [-0.1, -0.05) is 17.7 Å². The van der Waals surface area contributed by atoms with Crippen molar-refractivity contribution in [2.75, 3.05) is 21.2 Å². The standard InChI is InChI=1S/C23H24N2O6/c1-24-20(27)11-8-7-10-12(16(11)22(24)29)9-13-18(23(30)25(2)21(13)28)17(10)19-14(26)5-4-6-15(19)31-3/h4-7,11-13,16-18,26H,8-9H2,1-3H3. The molecular formula is C23H24N2O6. The number of carbonyl (C=O) groups excluding carboxylic acids is 4. The van der Waals surface area contributed by atoms with E-state index in [1.165, 1.54) is 32.2 Å². The fraction of sp³-hybridized carbons (Fsp3) is 0.478. The minimum absolute atomic E-state index is 0.0208. The van der Waals surface area contributed by atoms with E-state index in [9.17, 15) is 24.3 Å². The quantitative estimate of drug-likeness (QED) is 0.567. The number of allylic oxidation sites excluding steroid dienone is 2. The van der Waals surface area contributed by atoms with E-state index < -0.39 is 29.6 Å². The van der Waals surface area contributed by atoms with Crippen LogP contribution in [-0.2, 0) is 19.2 Å². The van der Waals surface area contributed by atoms with Crippen LogP contribution >= 0.6 is 0 Å².